The van der Waals surface area contributed by atoms with E-state index in [4.69, 9.17) is 4.74 Å². The molecule has 0 aromatic heterocycles. The summed E-state index contributed by atoms with van der Waals surface area (Å²) >= 11 is 0. The molecule has 2 aromatic carbocycles. The van der Waals surface area contributed by atoms with Crippen LogP contribution in [0.25, 0.3) is 0 Å². The zero-order valence-electron chi connectivity index (χ0n) is 18.0. The van der Waals surface area contributed by atoms with Crippen LogP contribution in [-0.4, -0.2) is 62.0 Å². The van der Waals surface area contributed by atoms with E-state index in [2.05, 4.69) is 15.5 Å². The summed E-state index contributed by atoms with van der Waals surface area (Å²) in [6.07, 6.45) is 3.67. The highest BCUT2D eigenvalue weighted by Gasteiger charge is 2.26. The summed E-state index contributed by atoms with van der Waals surface area (Å²) in [5.41, 5.74) is 1.70. The van der Waals surface area contributed by atoms with Gasteiger partial charge in [0.05, 0.1) is 12.2 Å². The molecule has 2 heterocycles. The van der Waals surface area contributed by atoms with Crippen molar-refractivity contribution in [1.29, 1.82) is 0 Å². The van der Waals surface area contributed by atoms with Crippen LogP contribution < -0.4 is 20.3 Å². The van der Waals surface area contributed by atoms with Crippen LogP contribution in [-0.2, 0) is 9.59 Å². The Morgan fingerprint density at radius 2 is 1.75 bits per heavy atom. The predicted octanol–water partition coefficient (Wildman–Crippen LogP) is 2.27. The zero-order chi connectivity index (χ0) is 22.3. The highest BCUT2D eigenvalue weighted by atomic mass is 16.5. The van der Waals surface area contributed by atoms with E-state index in [1.807, 2.05) is 6.07 Å². The third kappa shape index (κ3) is 5.45. The Balaban J connectivity index is 1.37. The highest BCUT2D eigenvalue weighted by molar-refractivity contribution is 6.01. The van der Waals surface area contributed by atoms with E-state index in [-0.39, 0.29) is 30.9 Å². The molecule has 8 heteroatoms. The van der Waals surface area contributed by atoms with Crippen molar-refractivity contribution in [1.82, 2.24) is 10.2 Å². The van der Waals surface area contributed by atoms with Crippen molar-refractivity contribution in [3.05, 3.63) is 54.1 Å². The molecule has 3 amide bonds. The number of hydrogen-bond donors (Lipinski definition) is 2. The standard InChI is InChI=1S/C24H28N4O4/c29-22(16-25-24(31)18-7-3-1-4-8-18)26-19-9-10-21-20(15-19)28(23(30)17-32-21)14-13-27-11-5-2-6-12-27/h1,3-4,7-10,15H,2,5-6,11-14,16-17H2,(H,25,31)(H,26,29). The monoisotopic (exact) mass is 436 g/mol. The molecule has 2 aromatic rings. The number of hydrogen-bond acceptors (Lipinski definition) is 5. The number of anilines is 2. The number of nitrogens with one attached hydrogen (secondary N) is 2. The Hall–Kier alpha value is -3.39. The van der Waals surface area contributed by atoms with Gasteiger partial charge in [0, 0.05) is 24.3 Å². The minimum atomic E-state index is -0.350. The van der Waals surface area contributed by atoms with Gasteiger partial charge in [0.1, 0.15) is 5.75 Å². The van der Waals surface area contributed by atoms with Crippen LogP contribution in [0.1, 0.15) is 29.6 Å². The van der Waals surface area contributed by atoms with Crippen molar-refractivity contribution >= 4 is 29.1 Å². The minimum Gasteiger partial charge on any atom is -0.482 e. The molecule has 1 saturated heterocycles. The molecule has 8 nitrogen and oxygen atoms in total. The average molecular weight is 437 g/mol. The number of fused-ring (bicyclic) bond motifs is 1. The van der Waals surface area contributed by atoms with Gasteiger partial charge >= 0.3 is 0 Å². The van der Waals surface area contributed by atoms with Gasteiger partial charge in [0.25, 0.3) is 11.8 Å². The number of piperidine rings is 1. The molecule has 32 heavy (non-hydrogen) atoms. The molecule has 0 spiro atoms. The topological polar surface area (TPSA) is 91.0 Å². The number of benzene rings is 2. The van der Waals surface area contributed by atoms with Gasteiger partial charge in [-0.05, 0) is 56.3 Å². The van der Waals surface area contributed by atoms with E-state index < -0.39 is 0 Å². The second-order valence-corrected chi connectivity index (χ2v) is 8.02. The van der Waals surface area contributed by atoms with Crippen molar-refractivity contribution in [2.75, 3.05) is 49.5 Å². The van der Waals surface area contributed by atoms with Crippen molar-refractivity contribution in [3.8, 4) is 5.75 Å². The first kappa shape index (κ1) is 21.8. The predicted molar refractivity (Wildman–Crippen MR) is 122 cm³/mol. The molecule has 0 unspecified atom stereocenters. The Bertz CT molecular complexity index is 973. The number of carbonyl (C=O) groups is 3. The van der Waals surface area contributed by atoms with Crippen molar-refractivity contribution in [2.24, 2.45) is 0 Å². The zero-order valence-corrected chi connectivity index (χ0v) is 18.0. The number of nitrogens with zero attached hydrogens (tertiary/aromatic N) is 2. The van der Waals surface area contributed by atoms with E-state index in [0.717, 1.165) is 19.6 Å². The third-order valence-corrected chi connectivity index (χ3v) is 5.72. The summed E-state index contributed by atoms with van der Waals surface area (Å²) in [4.78, 5) is 41.1. The number of amides is 3. The third-order valence-electron chi connectivity index (χ3n) is 5.72. The largest absolute Gasteiger partial charge is 0.482 e. The molecule has 0 atom stereocenters. The maximum Gasteiger partial charge on any atom is 0.265 e. The number of carbonyl (C=O) groups excluding carboxylic acids is 3. The van der Waals surface area contributed by atoms with E-state index >= 15 is 0 Å². The van der Waals surface area contributed by atoms with Crippen molar-refractivity contribution < 1.29 is 19.1 Å². The molecule has 0 aliphatic carbocycles. The fourth-order valence-corrected chi connectivity index (χ4v) is 4.01. The number of ether oxygens (including phenoxy) is 1. The second kappa shape index (κ2) is 10.3. The lowest BCUT2D eigenvalue weighted by molar-refractivity contribution is -0.121. The fourth-order valence-electron chi connectivity index (χ4n) is 4.01. The number of likely N-dealkylation sites (tertiary alicyclic amines) is 1. The normalized spacial score (nSPS) is 16.1. The van der Waals surface area contributed by atoms with Crippen LogP contribution in [0.15, 0.2) is 48.5 Å². The van der Waals surface area contributed by atoms with Crippen LogP contribution in [0.4, 0.5) is 11.4 Å². The first-order valence-corrected chi connectivity index (χ1v) is 11.0. The Kier molecular flexibility index (Phi) is 7.01. The average Bonchev–Trinajstić information content (AvgIpc) is 2.83. The van der Waals surface area contributed by atoms with E-state index in [1.54, 1.807) is 47.4 Å². The van der Waals surface area contributed by atoms with Gasteiger partial charge in [-0.1, -0.05) is 24.6 Å². The molecule has 2 aliphatic rings. The van der Waals surface area contributed by atoms with Crippen LogP contribution in [0.5, 0.6) is 5.75 Å². The maximum atomic E-state index is 12.5. The summed E-state index contributed by atoms with van der Waals surface area (Å²) in [5.74, 6) is -0.127. The summed E-state index contributed by atoms with van der Waals surface area (Å²) in [6.45, 7) is 3.39. The Labute approximate surface area is 187 Å². The van der Waals surface area contributed by atoms with Gasteiger partial charge in [-0.3, -0.25) is 14.4 Å². The quantitative estimate of drug-likeness (QED) is 0.695. The lowest BCUT2D eigenvalue weighted by atomic mass is 10.1. The van der Waals surface area contributed by atoms with Crippen LogP contribution in [0.2, 0.25) is 0 Å². The molecule has 2 aliphatic heterocycles. The van der Waals surface area contributed by atoms with Gasteiger partial charge in [-0.15, -0.1) is 0 Å². The summed E-state index contributed by atoms with van der Waals surface area (Å²) < 4.78 is 5.57. The summed E-state index contributed by atoms with van der Waals surface area (Å²) in [6, 6.07) is 14.0. The van der Waals surface area contributed by atoms with E-state index in [0.29, 0.717) is 29.2 Å². The molecule has 1 fully saturated rings. The van der Waals surface area contributed by atoms with E-state index in [9.17, 15) is 14.4 Å². The summed E-state index contributed by atoms with van der Waals surface area (Å²) in [7, 11) is 0. The highest BCUT2D eigenvalue weighted by Crippen LogP contribution is 2.34. The molecular formula is C24H28N4O4. The first-order valence-electron chi connectivity index (χ1n) is 11.0. The van der Waals surface area contributed by atoms with Crippen molar-refractivity contribution in [3.63, 3.8) is 0 Å². The smallest absolute Gasteiger partial charge is 0.265 e. The number of rotatable bonds is 7. The lowest BCUT2D eigenvalue weighted by Gasteiger charge is -2.33. The van der Waals surface area contributed by atoms with Gasteiger partial charge in [-0.2, -0.15) is 0 Å². The van der Waals surface area contributed by atoms with Gasteiger partial charge in [0.2, 0.25) is 5.91 Å². The molecule has 0 bridgehead atoms. The Morgan fingerprint density at radius 1 is 0.969 bits per heavy atom. The molecule has 4 rings (SSSR count). The lowest BCUT2D eigenvalue weighted by Crippen LogP contribution is -2.44. The van der Waals surface area contributed by atoms with Gasteiger partial charge < -0.3 is 25.2 Å². The molecule has 168 valence electrons. The van der Waals surface area contributed by atoms with Crippen LogP contribution in [0.3, 0.4) is 0 Å². The second-order valence-electron chi connectivity index (χ2n) is 8.02. The SMILES string of the molecule is O=C(CNC(=O)c1ccccc1)Nc1ccc2c(c1)N(CCN1CCCCC1)C(=O)CO2. The van der Waals surface area contributed by atoms with Crippen LogP contribution in [0, 0.1) is 0 Å². The molecule has 0 saturated carbocycles. The van der Waals surface area contributed by atoms with Crippen molar-refractivity contribution in [2.45, 2.75) is 19.3 Å². The van der Waals surface area contributed by atoms with Crippen LogP contribution >= 0.6 is 0 Å². The summed E-state index contributed by atoms with van der Waals surface area (Å²) in [5, 5.41) is 5.39. The minimum absolute atomic E-state index is 0.0181. The first-order chi connectivity index (χ1) is 15.6. The Morgan fingerprint density at radius 3 is 2.53 bits per heavy atom. The molecule has 2 N–H and O–H groups in total. The van der Waals surface area contributed by atoms with E-state index in [1.165, 1.54) is 19.3 Å². The molecular weight excluding hydrogens is 408 g/mol. The molecule has 0 radical (unpaired) electrons. The fraction of sp³-hybridized carbons (Fsp3) is 0.375. The van der Waals surface area contributed by atoms with Gasteiger partial charge in [0.15, 0.2) is 6.61 Å². The maximum absolute atomic E-state index is 12.5. The van der Waals surface area contributed by atoms with Gasteiger partial charge in [-0.25, -0.2) is 0 Å².